The van der Waals surface area contributed by atoms with Crippen molar-refractivity contribution in [3.05, 3.63) is 144 Å². The van der Waals surface area contributed by atoms with E-state index in [1.807, 2.05) is 0 Å². The maximum atomic E-state index is 2.49. The number of hydrogen-bond acceptors (Lipinski definition) is 0. The smallest absolute Gasteiger partial charge is 0.0159 e. The summed E-state index contributed by atoms with van der Waals surface area (Å²) in [4.78, 5) is 0. The van der Waals surface area contributed by atoms with Crippen LogP contribution in [0, 0.1) is 6.92 Å². The molecule has 7 aromatic rings. The molecule has 0 nitrogen and oxygen atoms in total. The maximum absolute atomic E-state index is 2.49. The van der Waals surface area contributed by atoms with Gasteiger partial charge in [0.25, 0.3) is 0 Å². The fourth-order valence-electron chi connectivity index (χ4n) is 7.91. The molecule has 9 rings (SSSR count). The molecular weight excluding hydrogens is 504 g/mol. The van der Waals surface area contributed by atoms with Crippen molar-refractivity contribution in [1.82, 2.24) is 0 Å². The summed E-state index contributed by atoms with van der Waals surface area (Å²) in [5.41, 5.74) is 17.4. The highest BCUT2D eigenvalue weighted by Crippen LogP contribution is 2.58. The van der Waals surface area contributed by atoms with E-state index in [-0.39, 0.29) is 5.41 Å². The van der Waals surface area contributed by atoms with Gasteiger partial charge in [-0.2, -0.15) is 0 Å². The topological polar surface area (TPSA) is 0 Å². The minimum absolute atomic E-state index is 0.0499. The summed E-state index contributed by atoms with van der Waals surface area (Å²) < 4.78 is 0. The number of aryl methyl sites for hydroxylation is 1. The normalized spacial score (nSPS) is 13.8. The highest BCUT2D eigenvalue weighted by molar-refractivity contribution is 6.27. The molecule has 0 heteroatoms. The summed E-state index contributed by atoms with van der Waals surface area (Å²) >= 11 is 0. The zero-order valence-electron chi connectivity index (χ0n) is 24.1. The second-order valence-electron chi connectivity index (χ2n) is 12.6. The molecule has 2 aliphatic carbocycles. The first kappa shape index (κ1) is 23.7. The summed E-state index contributed by atoms with van der Waals surface area (Å²) in [6.07, 6.45) is 0. The van der Waals surface area contributed by atoms with E-state index in [0.717, 1.165) is 0 Å². The first-order chi connectivity index (χ1) is 20.5. The van der Waals surface area contributed by atoms with Gasteiger partial charge in [-0.05, 0) is 101 Å². The molecule has 0 atom stereocenters. The quantitative estimate of drug-likeness (QED) is 0.207. The molecule has 0 radical (unpaired) electrons. The van der Waals surface area contributed by atoms with E-state index in [9.17, 15) is 0 Å². The summed E-state index contributed by atoms with van der Waals surface area (Å²) in [6.45, 7) is 6.92. The van der Waals surface area contributed by atoms with Crippen LogP contribution >= 0.6 is 0 Å². The monoisotopic (exact) mass is 534 g/mol. The van der Waals surface area contributed by atoms with E-state index in [1.165, 1.54) is 93.9 Å². The van der Waals surface area contributed by atoms with E-state index in [1.54, 1.807) is 0 Å². The van der Waals surface area contributed by atoms with Crippen LogP contribution in [0.3, 0.4) is 0 Å². The molecule has 0 unspecified atom stereocenters. The van der Waals surface area contributed by atoms with Crippen LogP contribution in [0.2, 0.25) is 0 Å². The van der Waals surface area contributed by atoms with Crippen molar-refractivity contribution in [1.29, 1.82) is 0 Å². The minimum atomic E-state index is -0.0499. The largest absolute Gasteiger partial charge is 0.0619 e. The van der Waals surface area contributed by atoms with Crippen LogP contribution in [0.5, 0.6) is 0 Å². The molecule has 2 aliphatic rings. The van der Waals surface area contributed by atoms with E-state index in [0.29, 0.717) is 0 Å². The van der Waals surface area contributed by atoms with Crippen LogP contribution in [-0.2, 0) is 5.41 Å². The van der Waals surface area contributed by atoms with E-state index in [4.69, 9.17) is 0 Å². The molecule has 0 aromatic heterocycles. The SMILES string of the molecule is Cc1ccc(-c2c3c(c(-c4ccc5c(c4)C(C)(C)c4ccccc4-5)c4ccccc24)-c2cccc4cccc-3c24)cc1. The van der Waals surface area contributed by atoms with Crippen LogP contribution in [0.4, 0.5) is 0 Å². The Morgan fingerprint density at radius 1 is 0.429 bits per heavy atom. The first-order valence-electron chi connectivity index (χ1n) is 15.0. The van der Waals surface area contributed by atoms with E-state index in [2.05, 4.69) is 148 Å². The lowest BCUT2D eigenvalue weighted by Crippen LogP contribution is -2.14. The minimum Gasteiger partial charge on any atom is -0.0619 e. The van der Waals surface area contributed by atoms with Gasteiger partial charge in [0.2, 0.25) is 0 Å². The molecule has 198 valence electrons. The van der Waals surface area contributed by atoms with Crippen LogP contribution in [0.25, 0.3) is 77.2 Å². The van der Waals surface area contributed by atoms with Gasteiger partial charge in [0.1, 0.15) is 0 Å². The van der Waals surface area contributed by atoms with Gasteiger partial charge in [0.15, 0.2) is 0 Å². The third-order valence-electron chi connectivity index (χ3n) is 9.87. The van der Waals surface area contributed by atoms with E-state index < -0.39 is 0 Å². The molecule has 0 heterocycles. The number of rotatable bonds is 2. The average Bonchev–Trinajstić information content (AvgIpc) is 3.47. The Labute approximate surface area is 246 Å². The maximum Gasteiger partial charge on any atom is 0.0159 e. The Kier molecular flexibility index (Phi) is 4.69. The van der Waals surface area contributed by atoms with Crippen LogP contribution in [0.1, 0.15) is 30.5 Å². The Hall–Kier alpha value is -4.94. The van der Waals surface area contributed by atoms with Gasteiger partial charge in [-0.3, -0.25) is 0 Å². The average molecular weight is 535 g/mol. The Morgan fingerprint density at radius 2 is 0.976 bits per heavy atom. The van der Waals surface area contributed by atoms with Gasteiger partial charge in [-0.25, -0.2) is 0 Å². The third kappa shape index (κ3) is 3.02. The van der Waals surface area contributed by atoms with Crippen molar-refractivity contribution < 1.29 is 0 Å². The van der Waals surface area contributed by atoms with Gasteiger partial charge in [0, 0.05) is 5.41 Å². The number of fused-ring (bicyclic) bond motifs is 7. The van der Waals surface area contributed by atoms with Crippen LogP contribution < -0.4 is 0 Å². The molecule has 0 saturated heterocycles. The Morgan fingerprint density at radius 3 is 1.67 bits per heavy atom. The van der Waals surface area contributed by atoms with Gasteiger partial charge in [-0.1, -0.05) is 141 Å². The summed E-state index contributed by atoms with van der Waals surface area (Å²) in [5, 5.41) is 5.29. The fourth-order valence-corrected chi connectivity index (χ4v) is 7.91. The highest BCUT2D eigenvalue weighted by atomic mass is 14.4. The summed E-state index contributed by atoms with van der Waals surface area (Å²) in [5.74, 6) is 0. The molecule has 0 N–H and O–H groups in total. The molecule has 0 fully saturated rings. The summed E-state index contributed by atoms with van der Waals surface area (Å²) in [6, 6.07) is 47.9. The van der Waals surface area contributed by atoms with Crippen molar-refractivity contribution in [2.75, 3.05) is 0 Å². The molecule has 0 amide bonds. The molecule has 7 aromatic carbocycles. The predicted octanol–water partition coefficient (Wildman–Crippen LogP) is 11.6. The Bertz CT molecular complexity index is 2260. The zero-order chi connectivity index (χ0) is 28.2. The first-order valence-corrected chi connectivity index (χ1v) is 15.0. The zero-order valence-corrected chi connectivity index (χ0v) is 24.1. The fraction of sp³-hybridized carbons (Fsp3) is 0.0952. The summed E-state index contributed by atoms with van der Waals surface area (Å²) in [7, 11) is 0. The van der Waals surface area contributed by atoms with Crippen molar-refractivity contribution in [2.45, 2.75) is 26.2 Å². The highest BCUT2D eigenvalue weighted by Gasteiger charge is 2.36. The van der Waals surface area contributed by atoms with Crippen molar-refractivity contribution in [3.63, 3.8) is 0 Å². The predicted molar refractivity (Wildman–Crippen MR) is 179 cm³/mol. The van der Waals surface area contributed by atoms with Crippen molar-refractivity contribution in [3.8, 4) is 55.6 Å². The van der Waals surface area contributed by atoms with Crippen molar-refractivity contribution in [2.24, 2.45) is 0 Å². The van der Waals surface area contributed by atoms with Crippen LogP contribution in [-0.4, -0.2) is 0 Å². The second-order valence-corrected chi connectivity index (χ2v) is 12.6. The number of benzene rings is 7. The van der Waals surface area contributed by atoms with Crippen LogP contribution in [0.15, 0.2) is 127 Å². The molecule has 0 spiro atoms. The lowest BCUT2D eigenvalue weighted by Gasteiger charge is -2.24. The van der Waals surface area contributed by atoms with Gasteiger partial charge in [-0.15, -0.1) is 0 Å². The Balaban J connectivity index is 1.44. The standard InChI is InChI=1S/C42H30/c1-25-18-20-27(21-19-25)38-31-13-4-5-14-32(31)39(41-34-16-9-11-26-10-8-15-33(37(26)34)40(38)41)28-22-23-30-29-12-6-7-17-35(29)42(2,3)36(30)24-28/h4-24H,1-3H3. The van der Waals surface area contributed by atoms with Gasteiger partial charge in [0.05, 0.1) is 0 Å². The number of hydrogen-bond donors (Lipinski definition) is 0. The lowest BCUT2D eigenvalue weighted by atomic mass is 9.79. The molecule has 0 bridgehead atoms. The third-order valence-corrected chi connectivity index (χ3v) is 9.87. The molecule has 0 saturated carbocycles. The van der Waals surface area contributed by atoms with Gasteiger partial charge >= 0.3 is 0 Å². The molecule has 42 heavy (non-hydrogen) atoms. The molecule has 0 aliphatic heterocycles. The van der Waals surface area contributed by atoms with E-state index >= 15 is 0 Å². The molecular formula is C42H30. The lowest BCUT2D eigenvalue weighted by molar-refractivity contribution is 0.660. The van der Waals surface area contributed by atoms with Crippen molar-refractivity contribution >= 4 is 21.5 Å². The second kappa shape index (κ2) is 8.30. The van der Waals surface area contributed by atoms with Gasteiger partial charge < -0.3 is 0 Å².